The molecule has 0 radical (unpaired) electrons. The summed E-state index contributed by atoms with van der Waals surface area (Å²) in [6.45, 7) is 2.50. The number of anilines is 1. The van der Waals surface area contributed by atoms with E-state index in [0.717, 1.165) is 30.7 Å². The number of alkyl halides is 3. The molecule has 1 heterocycles. The van der Waals surface area contributed by atoms with Crippen LogP contribution in [0.4, 0.5) is 19.0 Å². The summed E-state index contributed by atoms with van der Waals surface area (Å²) >= 11 is 6.71. The quantitative estimate of drug-likeness (QED) is 0.327. The molecule has 2 aromatic carbocycles. The number of aromatic carboxylic acids is 1. The maximum Gasteiger partial charge on any atom is 0.418 e. The highest BCUT2D eigenvalue weighted by Gasteiger charge is 2.38. The van der Waals surface area contributed by atoms with Crippen molar-refractivity contribution in [3.63, 3.8) is 0 Å². The number of carboxylic acid groups (broad SMARTS) is 1. The van der Waals surface area contributed by atoms with Gasteiger partial charge < -0.3 is 9.40 Å². The van der Waals surface area contributed by atoms with Gasteiger partial charge in [-0.1, -0.05) is 31.2 Å². The van der Waals surface area contributed by atoms with E-state index in [4.69, 9.17) is 21.3 Å². The Balaban J connectivity index is 1.66. The first kappa shape index (κ1) is 24.2. The lowest BCUT2D eigenvalue weighted by molar-refractivity contribution is -0.137. The Morgan fingerprint density at radius 1 is 1.18 bits per heavy atom. The summed E-state index contributed by atoms with van der Waals surface area (Å²) in [7, 11) is 0. The van der Waals surface area contributed by atoms with E-state index in [1.807, 2.05) is 12.1 Å². The predicted molar refractivity (Wildman–Crippen MR) is 124 cm³/mol. The van der Waals surface area contributed by atoms with Crippen molar-refractivity contribution in [2.75, 3.05) is 4.31 Å². The summed E-state index contributed by atoms with van der Waals surface area (Å²) in [5, 5.41) is 9.12. The molecule has 10 heteroatoms. The maximum atomic E-state index is 13.2. The summed E-state index contributed by atoms with van der Waals surface area (Å²) in [5.41, 5.74) is 1.51. The summed E-state index contributed by atoms with van der Waals surface area (Å²) in [4.78, 5) is 15.8. The molecule has 5 nitrogen and oxygen atoms in total. The second-order valence-corrected chi connectivity index (χ2v) is 9.58. The van der Waals surface area contributed by atoms with Crippen LogP contribution in [-0.2, 0) is 18.1 Å². The number of pyridine rings is 1. The van der Waals surface area contributed by atoms with Crippen molar-refractivity contribution in [2.45, 2.75) is 42.8 Å². The van der Waals surface area contributed by atoms with Gasteiger partial charge in [-0.2, -0.15) is 13.2 Å². The van der Waals surface area contributed by atoms with Crippen molar-refractivity contribution in [3.05, 3.63) is 83.0 Å². The minimum Gasteiger partial charge on any atom is -0.478 e. The molecule has 178 valence electrons. The van der Waals surface area contributed by atoms with Crippen LogP contribution in [0.25, 0.3) is 0 Å². The van der Waals surface area contributed by atoms with Crippen molar-refractivity contribution >= 4 is 35.6 Å². The average Bonchev–Trinajstić information content (AvgIpc) is 3.57. The van der Waals surface area contributed by atoms with Gasteiger partial charge in [-0.15, -0.1) is 0 Å². The summed E-state index contributed by atoms with van der Waals surface area (Å²) in [6, 6.07) is 15.0. The number of aromatic nitrogens is 1. The zero-order valence-corrected chi connectivity index (χ0v) is 19.5. The van der Waals surface area contributed by atoms with E-state index in [1.54, 1.807) is 16.4 Å². The smallest absolute Gasteiger partial charge is 0.418 e. The van der Waals surface area contributed by atoms with Crippen molar-refractivity contribution in [2.24, 2.45) is 0 Å². The number of hydrogen-bond acceptors (Lipinski definition) is 5. The number of benzene rings is 2. The van der Waals surface area contributed by atoms with Gasteiger partial charge in [-0.3, -0.25) is 4.31 Å². The highest BCUT2D eigenvalue weighted by atomic mass is 35.5. The number of rotatable bonds is 8. The van der Waals surface area contributed by atoms with Crippen LogP contribution in [-0.4, -0.2) is 16.1 Å². The van der Waals surface area contributed by atoms with Gasteiger partial charge in [-0.25, -0.2) is 9.78 Å². The Kier molecular flexibility index (Phi) is 6.69. The second-order valence-electron chi connectivity index (χ2n) is 8.34. The number of carbonyl (C=O) groups is 1. The largest absolute Gasteiger partial charge is 0.478 e. The molecule has 1 aliphatic rings. The van der Waals surface area contributed by atoms with E-state index < -0.39 is 17.7 Å². The molecular weight excluding hydrogens is 489 g/mol. The minimum absolute atomic E-state index is 0.105. The van der Waals surface area contributed by atoms with Gasteiger partial charge in [0, 0.05) is 17.2 Å². The topological polar surface area (TPSA) is 62.7 Å². The zero-order valence-electron chi connectivity index (χ0n) is 18.0. The molecule has 34 heavy (non-hydrogen) atoms. The average molecular weight is 509 g/mol. The van der Waals surface area contributed by atoms with E-state index >= 15 is 0 Å². The third kappa shape index (κ3) is 5.42. The highest BCUT2D eigenvalue weighted by Crippen LogP contribution is 2.47. The fourth-order valence-corrected chi connectivity index (χ4v) is 4.49. The molecule has 1 saturated carbocycles. The second kappa shape index (κ2) is 9.38. The highest BCUT2D eigenvalue weighted by molar-refractivity contribution is 8.00. The molecule has 0 saturated heterocycles. The van der Waals surface area contributed by atoms with Crippen molar-refractivity contribution in [1.29, 1.82) is 0 Å². The van der Waals surface area contributed by atoms with Crippen LogP contribution in [0.15, 0.2) is 65.7 Å². The lowest BCUT2D eigenvalue weighted by atomic mass is 9.97. The van der Waals surface area contributed by atoms with Crippen molar-refractivity contribution < 1.29 is 27.4 Å². The van der Waals surface area contributed by atoms with E-state index in [0.29, 0.717) is 4.90 Å². The molecule has 4 rings (SSSR count). The van der Waals surface area contributed by atoms with Gasteiger partial charge in [0.15, 0.2) is 11.6 Å². The molecule has 1 aliphatic carbocycles. The molecule has 1 fully saturated rings. The molecule has 0 atom stereocenters. The van der Waals surface area contributed by atoms with Crippen molar-refractivity contribution in [3.8, 4) is 5.75 Å². The Morgan fingerprint density at radius 3 is 2.35 bits per heavy atom. The number of hydrogen-bond donors (Lipinski definition) is 1. The fourth-order valence-electron chi connectivity index (χ4n) is 3.43. The molecule has 0 bridgehead atoms. The van der Waals surface area contributed by atoms with E-state index in [1.165, 1.54) is 29.6 Å². The van der Waals surface area contributed by atoms with Crippen LogP contribution < -0.4 is 8.59 Å². The summed E-state index contributed by atoms with van der Waals surface area (Å²) in [5.74, 6) is -1.19. The van der Waals surface area contributed by atoms with Crippen LogP contribution in [0.2, 0.25) is 0 Å². The molecular formula is C24H20ClF3N2O3S. The predicted octanol–water partition coefficient (Wildman–Crippen LogP) is 7.10. The van der Waals surface area contributed by atoms with Gasteiger partial charge in [-0.05, 0) is 65.6 Å². The van der Waals surface area contributed by atoms with Crippen LogP contribution >= 0.6 is 23.8 Å². The molecule has 3 aromatic rings. The summed E-state index contributed by atoms with van der Waals surface area (Å²) in [6.07, 6.45) is -1.58. The van der Waals surface area contributed by atoms with Gasteiger partial charge in [0.2, 0.25) is 0 Å². The SMILES string of the molecule is CC1(c2ccc(CN(Sc3ccc(C(=O)O)cc3)c3ncc(C(F)(F)F)cc3OCl)cc2)CC1. The lowest BCUT2D eigenvalue weighted by Gasteiger charge is -2.24. The van der Waals surface area contributed by atoms with Crippen LogP contribution in [0.5, 0.6) is 5.75 Å². The Hall–Kier alpha value is -2.91. The first-order valence-electron chi connectivity index (χ1n) is 10.3. The first-order chi connectivity index (χ1) is 16.1. The lowest BCUT2D eigenvalue weighted by Crippen LogP contribution is -2.17. The van der Waals surface area contributed by atoms with E-state index in [-0.39, 0.29) is 29.1 Å². The number of halogens is 4. The van der Waals surface area contributed by atoms with E-state index in [2.05, 4.69) is 24.0 Å². The van der Waals surface area contributed by atoms with Crippen LogP contribution in [0, 0.1) is 0 Å². The zero-order chi connectivity index (χ0) is 24.5. The molecule has 0 spiro atoms. The monoisotopic (exact) mass is 508 g/mol. The third-order valence-corrected chi connectivity index (χ3v) is 6.95. The minimum atomic E-state index is -4.60. The summed E-state index contributed by atoms with van der Waals surface area (Å²) < 4.78 is 45.9. The standard InChI is InChI=1S/C24H20ClF3N2O3S/c1-23(10-11-23)17-6-2-15(3-7-17)14-30(34-19-8-4-16(5-9-19)22(31)32)21-20(33-25)12-18(13-29-21)24(26,27)28/h2-9,12-13H,10-11,14H2,1H3,(H,31,32). The molecule has 0 unspecified atom stereocenters. The fraction of sp³-hybridized carbons (Fsp3) is 0.250. The molecule has 0 amide bonds. The van der Waals surface area contributed by atoms with Crippen LogP contribution in [0.1, 0.15) is 46.8 Å². The number of carboxylic acids is 1. The Bertz CT molecular complexity index is 1180. The normalized spacial score (nSPS) is 14.5. The van der Waals surface area contributed by atoms with E-state index in [9.17, 15) is 18.0 Å². The van der Waals surface area contributed by atoms with Gasteiger partial charge in [0.1, 0.15) is 11.9 Å². The third-order valence-electron chi connectivity index (χ3n) is 5.77. The van der Waals surface area contributed by atoms with Gasteiger partial charge in [0.05, 0.1) is 17.7 Å². The van der Waals surface area contributed by atoms with Gasteiger partial charge >= 0.3 is 12.1 Å². The Labute approximate surface area is 203 Å². The van der Waals surface area contributed by atoms with Crippen molar-refractivity contribution in [1.82, 2.24) is 4.98 Å². The molecule has 1 N–H and O–H groups in total. The van der Waals surface area contributed by atoms with Gasteiger partial charge in [0.25, 0.3) is 0 Å². The molecule has 0 aliphatic heterocycles. The number of nitrogens with zero attached hydrogens (tertiary/aromatic N) is 2. The van der Waals surface area contributed by atoms with Crippen LogP contribution in [0.3, 0.4) is 0 Å². The Morgan fingerprint density at radius 2 is 1.82 bits per heavy atom. The first-order valence-corrected chi connectivity index (χ1v) is 11.4. The molecule has 1 aromatic heterocycles. The maximum absolute atomic E-state index is 13.2.